The molecule has 3 aromatic carbocycles. The van der Waals surface area contributed by atoms with Gasteiger partial charge in [0.2, 0.25) is 0 Å². The Morgan fingerprint density at radius 2 is 1.79 bits per heavy atom. The van der Waals surface area contributed by atoms with Crippen LogP contribution in [0.1, 0.15) is 22.8 Å². The molecule has 1 aromatic heterocycles. The van der Waals surface area contributed by atoms with Crippen molar-refractivity contribution in [3.8, 4) is 16.3 Å². The van der Waals surface area contributed by atoms with E-state index in [4.69, 9.17) is 26.7 Å². The summed E-state index contributed by atoms with van der Waals surface area (Å²) in [6.07, 6.45) is 0. The average molecular weight is 492 g/mol. The largest absolute Gasteiger partial charge is 0.491 e. The minimum absolute atomic E-state index is 0.227. The number of thiocarbonyl (C=S) groups is 1. The number of ether oxygens (including phenoxy) is 2. The van der Waals surface area contributed by atoms with Crippen LogP contribution in [-0.4, -0.2) is 35.8 Å². The van der Waals surface area contributed by atoms with Crippen LogP contribution >= 0.6 is 23.6 Å². The molecule has 4 aromatic rings. The first-order chi connectivity index (χ1) is 16.5. The number of nitrogens with one attached hydrogen (secondary N) is 2. The predicted octanol–water partition coefficient (Wildman–Crippen LogP) is 5.81. The Balaban J connectivity index is 1.31. The van der Waals surface area contributed by atoms with E-state index in [1.54, 1.807) is 35.6 Å². The van der Waals surface area contributed by atoms with Crippen molar-refractivity contribution >= 4 is 50.5 Å². The van der Waals surface area contributed by atoms with Gasteiger partial charge in [-0.25, -0.2) is 4.98 Å². The Morgan fingerprint density at radius 1 is 1.03 bits per heavy atom. The molecule has 6 nitrogen and oxygen atoms in total. The van der Waals surface area contributed by atoms with E-state index in [1.165, 1.54) is 10.3 Å². The Labute approximate surface area is 207 Å². The maximum Gasteiger partial charge on any atom is 0.257 e. The number of hydrogen-bond acceptors (Lipinski definition) is 6. The number of aryl methyl sites for hydroxylation is 1. The van der Waals surface area contributed by atoms with Crippen LogP contribution < -0.4 is 15.4 Å². The summed E-state index contributed by atoms with van der Waals surface area (Å²) in [6, 6.07) is 21.0. The Morgan fingerprint density at radius 3 is 2.53 bits per heavy atom. The van der Waals surface area contributed by atoms with E-state index in [2.05, 4.69) is 29.7 Å². The summed E-state index contributed by atoms with van der Waals surface area (Å²) >= 11 is 6.98. The summed E-state index contributed by atoms with van der Waals surface area (Å²) in [5.74, 6) is 0.389. The maximum atomic E-state index is 12.5. The monoisotopic (exact) mass is 491 g/mol. The number of fused-ring (bicyclic) bond motifs is 1. The van der Waals surface area contributed by atoms with Crippen LogP contribution in [0.4, 0.5) is 5.69 Å². The van der Waals surface area contributed by atoms with Gasteiger partial charge in [-0.3, -0.25) is 10.1 Å². The molecule has 174 valence electrons. The zero-order valence-electron chi connectivity index (χ0n) is 19.0. The second-order valence-corrected chi connectivity index (χ2v) is 8.98. The molecule has 0 bridgehead atoms. The van der Waals surface area contributed by atoms with E-state index in [0.29, 0.717) is 31.1 Å². The Hall–Kier alpha value is -3.33. The third kappa shape index (κ3) is 6.17. The molecule has 0 saturated carbocycles. The Bertz CT molecular complexity index is 1290. The molecule has 0 spiro atoms. The van der Waals surface area contributed by atoms with Crippen LogP contribution in [0.2, 0.25) is 0 Å². The van der Waals surface area contributed by atoms with E-state index in [9.17, 15) is 4.79 Å². The van der Waals surface area contributed by atoms with Gasteiger partial charge in [0.25, 0.3) is 5.91 Å². The standard InChI is InChI=1S/C26H25N3O3S2/c1-3-31-14-15-32-21-11-7-18(8-12-21)24(30)29-26(33)27-20-9-5-19(6-10-20)25-28-22-13-4-17(2)16-23(22)34-25/h4-13,16H,3,14-15H2,1-2H3,(H2,27,29,30,33). The van der Waals surface area contributed by atoms with Gasteiger partial charge in [0, 0.05) is 23.4 Å². The van der Waals surface area contributed by atoms with Gasteiger partial charge in [0.1, 0.15) is 17.4 Å². The van der Waals surface area contributed by atoms with E-state index in [1.807, 2.05) is 37.3 Å². The molecular weight excluding hydrogens is 466 g/mol. The molecule has 4 rings (SSSR count). The zero-order chi connectivity index (χ0) is 23.9. The van der Waals surface area contributed by atoms with Crippen molar-refractivity contribution in [2.24, 2.45) is 0 Å². The Kier molecular flexibility index (Phi) is 7.84. The lowest BCUT2D eigenvalue weighted by atomic mass is 10.2. The number of hydrogen-bond donors (Lipinski definition) is 2. The number of carbonyl (C=O) groups is 1. The summed E-state index contributed by atoms with van der Waals surface area (Å²) in [7, 11) is 0. The van der Waals surface area contributed by atoms with E-state index in [-0.39, 0.29) is 11.0 Å². The molecule has 1 amide bonds. The highest BCUT2D eigenvalue weighted by Gasteiger charge is 2.10. The number of aromatic nitrogens is 1. The van der Waals surface area contributed by atoms with Crippen LogP contribution in [0.3, 0.4) is 0 Å². The first-order valence-corrected chi connectivity index (χ1v) is 12.1. The fourth-order valence-electron chi connectivity index (χ4n) is 3.25. The van der Waals surface area contributed by atoms with Crippen LogP contribution in [0.15, 0.2) is 66.7 Å². The number of benzene rings is 3. The van der Waals surface area contributed by atoms with Crippen molar-refractivity contribution in [2.75, 3.05) is 25.1 Å². The molecule has 0 fully saturated rings. The molecule has 0 saturated heterocycles. The van der Waals surface area contributed by atoms with Crippen molar-refractivity contribution in [1.82, 2.24) is 10.3 Å². The van der Waals surface area contributed by atoms with E-state index >= 15 is 0 Å². The minimum Gasteiger partial charge on any atom is -0.491 e. The van der Waals surface area contributed by atoms with Crippen LogP contribution in [0.25, 0.3) is 20.8 Å². The first-order valence-electron chi connectivity index (χ1n) is 10.9. The minimum atomic E-state index is -0.292. The highest BCUT2D eigenvalue weighted by Crippen LogP contribution is 2.31. The number of carbonyl (C=O) groups excluding carboxylic acids is 1. The summed E-state index contributed by atoms with van der Waals surface area (Å²) in [6.45, 7) is 5.66. The molecule has 8 heteroatoms. The molecule has 0 aliphatic carbocycles. The summed E-state index contributed by atoms with van der Waals surface area (Å²) in [4.78, 5) is 17.2. The van der Waals surface area contributed by atoms with Gasteiger partial charge in [-0.05, 0) is 92.3 Å². The van der Waals surface area contributed by atoms with Gasteiger partial charge in [-0.15, -0.1) is 11.3 Å². The molecule has 34 heavy (non-hydrogen) atoms. The topological polar surface area (TPSA) is 72.5 Å². The van der Waals surface area contributed by atoms with Crippen LogP contribution in [0.5, 0.6) is 5.75 Å². The van der Waals surface area contributed by atoms with Gasteiger partial charge < -0.3 is 14.8 Å². The zero-order valence-corrected chi connectivity index (χ0v) is 20.6. The van der Waals surface area contributed by atoms with E-state index in [0.717, 1.165) is 21.8 Å². The van der Waals surface area contributed by atoms with Crippen LogP contribution in [0, 0.1) is 6.92 Å². The fourth-order valence-corrected chi connectivity index (χ4v) is 4.53. The smallest absolute Gasteiger partial charge is 0.257 e. The second kappa shape index (κ2) is 11.2. The number of amides is 1. The lowest BCUT2D eigenvalue weighted by molar-refractivity contribution is 0.0977. The normalized spacial score (nSPS) is 10.8. The SMILES string of the molecule is CCOCCOc1ccc(C(=O)NC(=S)Nc2ccc(-c3nc4ccc(C)cc4s3)cc2)cc1. The second-order valence-electron chi connectivity index (χ2n) is 7.55. The number of thiazole rings is 1. The van der Waals surface area contributed by atoms with Crippen molar-refractivity contribution < 1.29 is 14.3 Å². The third-order valence-electron chi connectivity index (χ3n) is 4.98. The third-order valence-corrected chi connectivity index (χ3v) is 6.25. The van der Waals surface area contributed by atoms with Gasteiger partial charge >= 0.3 is 0 Å². The summed E-state index contributed by atoms with van der Waals surface area (Å²) < 4.78 is 12.0. The van der Waals surface area contributed by atoms with Crippen molar-refractivity contribution in [1.29, 1.82) is 0 Å². The number of anilines is 1. The molecule has 1 heterocycles. The van der Waals surface area contributed by atoms with Crippen molar-refractivity contribution in [2.45, 2.75) is 13.8 Å². The average Bonchev–Trinajstić information content (AvgIpc) is 3.26. The quantitative estimate of drug-likeness (QED) is 0.239. The molecule has 0 aliphatic heterocycles. The van der Waals surface area contributed by atoms with Crippen LogP contribution in [-0.2, 0) is 4.74 Å². The van der Waals surface area contributed by atoms with Gasteiger partial charge in [-0.1, -0.05) is 6.07 Å². The molecular formula is C26H25N3O3S2. The van der Waals surface area contributed by atoms with E-state index < -0.39 is 0 Å². The highest BCUT2D eigenvalue weighted by atomic mass is 32.1. The molecule has 0 atom stereocenters. The van der Waals surface area contributed by atoms with Crippen molar-refractivity contribution in [3.63, 3.8) is 0 Å². The summed E-state index contributed by atoms with van der Waals surface area (Å²) in [5.41, 5.74) is 4.52. The summed E-state index contributed by atoms with van der Waals surface area (Å²) in [5, 5.41) is 6.95. The molecule has 2 N–H and O–H groups in total. The molecule has 0 aliphatic rings. The highest BCUT2D eigenvalue weighted by molar-refractivity contribution is 7.80. The van der Waals surface area contributed by atoms with Gasteiger partial charge in [0.15, 0.2) is 5.11 Å². The maximum absolute atomic E-state index is 12.5. The number of nitrogens with zero attached hydrogens (tertiary/aromatic N) is 1. The van der Waals surface area contributed by atoms with Gasteiger partial charge in [-0.2, -0.15) is 0 Å². The molecule has 0 radical (unpaired) electrons. The fraction of sp³-hybridized carbons (Fsp3) is 0.192. The molecule has 0 unspecified atom stereocenters. The van der Waals surface area contributed by atoms with Gasteiger partial charge in [0.05, 0.1) is 16.8 Å². The first kappa shape index (κ1) is 23.8. The lowest BCUT2D eigenvalue weighted by Crippen LogP contribution is -2.34. The predicted molar refractivity (Wildman–Crippen MR) is 142 cm³/mol. The lowest BCUT2D eigenvalue weighted by Gasteiger charge is -2.11. The number of rotatable bonds is 8. The van der Waals surface area contributed by atoms with Crippen molar-refractivity contribution in [3.05, 3.63) is 77.9 Å².